The first-order valence-electron chi connectivity index (χ1n) is 4.42. The minimum atomic E-state index is 0.314. The first-order chi connectivity index (χ1) is 5.81. The van der Waals surface area contributed by atoms with E-state index in [1.54, 1.807) is 0 Å². The van der Waals surface area contributed by atoms with E-state index in [4.69, 9.17) is 0 Å². The van der Waals surface area contributed by atoms with E-state index >= 15 is 0 Å². The Labute approximate surface area is 73.0 Å². The maximum atomic E-state index is 4.15. The molecule has 2 heteroatoms. The number of hydrogen-bond acceptors (Lipinski definition) is 2. The van der Waals surface area contributed by atoms with Crippen LogP contribution in [0.3, 0.4) is 0 Å². The van der Waals surface area contributed by atoms with Gasteiger partial charge in [0.1, 0.15) is 0 Å². The van der Waals surface area contributed by atoms with E-state index in [0.717, 1.165) is 13.1 Å². The molecule has 1 fully saturated rings. The monoisotopic (exact) mass is 162 g/mol. The van der Waals surface area contributed by atoms with E-state index in [1.807, 2.05) is 18.5 Å². The molecule has 1 N–H and O–H groups in total. The van der Waals surface area contributed by atoms with Crippen molar-refractivity contribution in [1.29, 1.82) is 0 Å². The lowest BCUT2D eigenvalue weighted by Gasteiger charge is -2.22. The van der Waals surface area contributed by atoms with Gasteiger partial charge in [0.15, 0.2) is 0 Å². The van der Waals surface area contributed by atoms with Crippen LogP contribution >= 0.6 is 0 Å². The maximum Gasteiger partial charge on any atom is 0.0305 e. The Bertz CT molecular complexity index is 250. The second-order valence-electron chi connectivity index (χ2n) is 3.73. The van der Waals surface area contributed by atoms with Crippen molar-refractivity contribution >= 4 is 0 Å². The summed E-state index contributed by atoms with van der Waals surface area (Å²) in [6, 6.07) is 4.18. The maximum absolute atomic E-state index is 4.15. The van der Waals surface area contributed by atoms with Crippen LogP contribution in [-0.4, -0.2) is 18.1 Å². The normalized spacial score (nSPS) is 29.1. The molecule has 0 amide bonds. The van der Waals surface area contributed by atoms with E-state index in [2.05, 4.69) is 23.3 Å². The third-order valence-electron chi connectivity index (χ3n) is 2.73. The average Bonchev–Trinajstić information content (AvgIpc) is 2.55. The molecular formula is C10H14N2. The first kappa shape index (κ1) is 7.74. The summed E-state index contributed by atoms with van der Waals surface area (Å²) >= 11 is 0. The molecule has 0 aromatic carbocycles. The number of nitrogens with one attached hydrogen (secondary N) is 1. The van der Waals surface area contributed by atoms with E-state index in [-0.39, 0.29) is 0 Å². The lowest BCUT2D eigenvalue weighted by atomic mass is 9.83. The highest BCUT2D eigenvalue weighted by Crippen LogP contribution is 2.28. The second kappa shape index (κ2) is 2.87. The summed E-state index contributed by atoms with van der Waals surface area (Å²) in [4.78, 5) is 4.15. The molecular weight excluding hydrogens is 148 g/mol. The molecule has 1 aliphatic heterocycles. The first-order valence-corrected chi connectivity index (χ1v) is 4.42. The van der Waals surface area contributed by atoms with Gasteiger partial charge in [-0.05, 0) is 24.6 Å². The summed E-state index contributed by atoms with van der Waals surface area (Å²) in [5, 5.41) is 3.38. The van der Waals surface area contributed by atoms with Crippen LogP contribution in [0.5, 0.6) is 0 Å². The molecule has 2 rings (SSSR count). The molecule has 0 saturated carbocycles. The van der Waals surface area contributed by atoms with Crippen molar-refractivity contribution in [2.24, 2.45) is 0 Å². The summed E-state index contributed by atoms with van der Waals surface area (Å²) in [6.45, 7) is 4.51. The number of hydrogen-bond donors (Lipinski definition) is 1. The predicted molar refractivity (Wildman–Crippen MR) is 49.1 cm³/mol. The molecule has 0 aliphatic carbocycles. The molecule has 1 aliphatic rings. The fraction of sp³-hybridized carbons (Fsp3) is 0.500. The summed E-state index contributed by atoms with van der Waals surface area (Å²) in [5.41, 5.74) is 1.67. The Kier molecular flexibility index (Phi) is 1.85. The van der Waals surface area contributed by atoms with Crippen LogP contribution in [0.15, 0.2) is 24.5 Å². The predicted octanol–water partition coefficient (Wildman–Crippen LogP) is 1.33. The zero-order chi connectivity index (χ0) is 8.44. The summed E-state index contributed by atoms with van der Waals surface area (Å²) in [7, 11) is 0. The molecule has 1 saturated heterocycles. The van der Waals surface area contributed by atoms with Crippen LogP contribution in [0.25, 0.3) is 0 Å². The Hall–Kier alpha value is -0.890. The smallest absolute Gasteiger partial charge is 0.0305 e. The Morgan fingerprint density at radius 1 is 1.58 bits per heavy atom. The molecule has 0 radical (unpaired) electrons. The van der Waals surface area contributed by atoms with Gasteiger partial charge in [0, 0.05) is 24.4 Å². The van der Waals surface area contributed by atoms with Crippen molar-refractivity contribution in [3.63, 3.8) is 0 Å². The van der Waals surface area contributed by atoms with Crippen LogP contribution in [0.2, 0.25) is 0 Å². The molecule has 0 spiro atoms. The Morgan fingerprint density at radius 3 is 3.08 bits per heavy atom. The third-order valence-corrected chi connectivity index (χ3v) is 2.73. The molecule has 1 aromatic rings. The van der Waals surface area contributed by atoms with Crippen LogP contribution in [-0.2, 0) is 5.41 Å². The van der Waals surface area contributed by atoms with Gasteiger partial charge in [0.25, 0.3) is 0 Å². The highest BCUT2D eigenvalue weighted by Gasteiger charge is 2.30. The average molecular weight is 162 g/mol. The van der Waals surface area contributed by atoms with Crippen LogP contribution in [0.4, 0.5) is 0 Å². The highest BCUT2D eigenvalue weighted by molar-refractivity contribution is 5.22. The van der Waals surface area contributed by atoms with Crippen molar-refractivity contribution in [3.8, 4) is 0 Å². The number of nitrogens with zero attached hydrogens (tertiary/aromatic N) is 1. The van der Waals surface area contributed by atoms with Crippen molar-refractivity contribution < 1.29 is 0 Å². The summed E-state index contributed by atoms with van der Waals surface area (Å²) in [6.07, 6.45) is 5.03. The van der Waals surface area contributed by atoms with Crippen LogP contribution in [0, 0.1) is 0 Å². The van der Waals surface area contributed by atoms with Crippen molar-refractivity contribution in [2.75, 3.05) is 13.1 Å². The van der Waals surface area contributed by atoms with Crippen LogP contribution < -0.4 is 5.32 Å². The zero-order valence-electron chi connectivity index (χ0n) is 7.38. The number of pyridine rings is 1. The second-order valence-corrected chi connectivity index (χ2v) is 3.73. The minimum Gasteiger partial charge on any atom is -0.316 e. The van der Waals surface area contributed by atoms with E-state index in [1.165, 1.54) is 12.0 Å². The van der Waals surface area contributed by atoms with Crippen LogP contribution in [0.1, 0.15) is 18.9 Å². The van der Waals surface area contributed by atoms with Crippen molar-refractivity contribution in [1.82, 2.24) is 10.3 Å². The fourth-order valence-corrected chi connectivity index (χ4v) is 1.78. The summed E-state index contributed by atoms with van der Waals surface area (Å²) in [5.74, 6) is 0. The van der Waals surface area contributed by atoms with Gasteiger partial charge in [-0.25, -0.2) is 0 Å². The Balaban J connectivity index is 2.29. The van der Waals surface area contributed by atoms with E-state index < -0.39 is 0 Å². The standard InChI is InChI=1S/C10H14N2/c1-10(4-6-12-8-10)9-3-2-5-11-7-9/h2-3,5,7,12H,4,6,8H2,1H3. The quantitative estimate of drug-likeness (QED) is 0.674. The van der Waals surface area contributed by atoms with Gasteiger partial charge >= 0.3 is 0 Å². The molecule has 1 aromatic heterocycles. The third kappa shape index (κ3) is 1.23. The van der Waals surface area contributed by atoms with E-state index in [0.29, 0.717) is 5.41 Å². The van der Waals surface area contributed by atoms with Gasteiger partial charge in [0.2, 0.25) is 0 Å². The molecule has 64 valence electrons. The number of aromatic nitrogens is 1. The minimum absolute atomic E-state index is 0.314. The van der Waals surface area contributed by atoms with Gasteiger partial charge in [-0.2, -0.15) is 0 Å². The summed E-state index contributed by atoms with van der Waals surface area (Å²) < 4.78 is 0. The zero-order valence-corrected chi connectivity index (χ0v) is 7.38. The van der Waals surface area contributed by atoms with Gasteiger partial charge in [-0.1, -0.05) is 13.0 Å². The molecule has 2 nitrogen and oxygen atoms in total. The van der Waals surface area contributed by atoms with Crippen molar-refractivity contribution in [3.05, 3.63) is 30.1 Å². The SMILES string of the molecule is CC1(c2cccnc2)CCNC1. The highest BCUT2D eigenvalue weighted by atomic mass is 14.9. The largest absolute Gasteiger partial charge is 0.316 e. The molecule has 1 atom stereocenters. The Morgan fingerprint density at radius 2 is 2.50 bits per heavy atom. The molecule has 0 bridgehead atoms. The van der Waals surface area contributed by atoms with Gasteiger partial charge in [-0.15, -0.1) is 0 Å². The van der Waals surface area contributed by atoms with Gasteiger partial charge < -0.3 is 5.32 Å². The number of rotatable bonds is 1. The topological polar surface area (TPSA) is 24.9 Å². The van der Waals surface area contributed by atoms with Gasteiger partial charge in [-0.3, -0.25) is 4.98 Å². The molecule has 2 heterocycles. The molecule has 1 unspecified atom stereocenters. The van der Waals surface area contributed by atoms with Gasteiger partial charge in [0.05, 0.1) is 0 Å². The molecule has 12 heavy (non-hydrogen) atoms. The fourth-order valence-electron chi connectivity index (χ4n) is 1.78. The lowest BCUT2D eigenvalue weighted by molar-refractivity contribution is 0.523. The van der Waals surface area contributed by atoms with Crippen molar-refractivity contribution in [2.45, 2.75) is 18.8 Å². The lowest BCUT2D eigenvalue weighted by Crippen LogP contribution is -2.24. The van der Waals surface area contributed by atoms with E-state index in [9.17, 15) is 0 Å².